The van der Waals surface area contributed by atoms with Crippen molar-refractivity contribution < 1.29 is 62.5 Å². The van der Waals surface area contributed by atoms with E-state index in [9.17, 15) is 18.0 Å². The van der Waals surface area contributed by atoms with Crippen LogP contribution in [0.25, 0.3) is 0 Å². The predicted octanol–water partition coefficient (Wildman–Crippen LogP) is -3.22. The Morgan fingerprint density at radius 1 is 1.38 bits per heavy atom. The molecule has 0 heterocycles. The molecule has 8 heteroatoms. The molecule has 0 spiro atoms. The van der Waals surface area contributed by atoms with Crippen molar-refractivity contribution in [2.75, 3.05) is 0 Å². The van der Waals surface area contributed by atoms with E-state index >= 15 is 0 Å². The first-order valence-electron chi connectivity index (χ1n) is 2.71. The third-order valence-corrected chi connectivity index (χ3v) is 0.534. The van der Waals surface area contributed by atoms with E-state index in [4.69, 9.17) is 15.0 Å². The number of alkyl halides is 3. The van der Waals surface area contributed by atoms with Crippen molar-refractivity contribution in [1.29, 1.82) is 0 Å². The van der Waals surface area contributed by atoms with Gasteiger partial charge in [0.2, 0.25) is 0 Å². The smallest absolute Gasteiger partial charge is 0.542 e. The van der Waals surface area contributed by atoms with Crippen molar-refractivity contribution in [3.63, 3.8) is 0 Å². The van der Waals surface area contributed by atoms with Gasteiger partial charge in [-0.2, -0.15) is 13.2 Å². The topological polar surface area (TPSA) is 77.4 Å². The number of rotatable bonds is 1. The van der Waals surface area contributed by atoms with Crippen molar-refractivity contribution in [2.24, 2.45) is 0 Å². The van der Waals surface area contributed by atoms with Gasteiger partial charge in [0.15, 0.2) is 0 Å². The van der Waals surface area contributed by atoms with Crippen LogP contribution < -0.4 is 34.7 Å². The Bertz CT molecular complexity index is 168. The average Bonchev–Trinajstić information content (AvgIpc) is 1.87. The second kappa shape index (κ2) is 8.33. The molecule has 0 amide bonds. The van der Waals surface area contributed by atoms with Crippen molar-refractivity contribution in [1.82, 2.24) is 0 Å². The van der Waals surface area contributed by atoms with E-state index in [0.717, 1.165) is 0 Å². The zero-order valence-electron chi connectivity index (χ0n) is 7.01. The zero-order valence-corrected chi connectivity index (χ0v) is 9.01. The molecule has 0 radical (unpaired) electrons. The van der Waals surface area contributed by atoms with Gasteiger partial charge in [0.25, 0.3) is 0 Å². The van der Waals surface area contributed by atoms with Crippen LogP contribution in [0.3, 0.4) is 0 Å². The molecule has 4 nitrogen and oxygen atoms in total. The fraction of sp³-hybridized carbons (Fsp3) is 0.600. The molecular weight excluding hydrogens is 204 g/mol. The number of carbonyl (C=O) groups is 2. The first-order chi connectivity index (χ1) is 5.21. The number of hydrogen-bond donors (Lipinski definition) is 1. The van der Waals surface area contributed by atoms with E-state index in [1.54, 1.807) is 6.92 Å². The fourth-order valence-electron chi connectivity index (χ4n) is 0. The predicted molar refractivity (Wildman–Crippen MR) is 29.0 cm³/mol. The van der Waals surface area contributed by atoms with Gasteiger partial charge < -0.3 is 15.0 Å². The maximum Gasteiger partial charge on any atom is 1.00 e. The maximum absolute atomic E-state index is 10.5. The number of aliphatic carboxylic acids is 2. The third-order valence-electron chi connectivity index (χ3n) is 0.534. The molecule has 0 unspecified atom stereocenters. The molecule has 0 aliphatic carbocycles. The summed E-state index contributed by atoms with van der Waals surface area (Å²) in [5, 5.41) is 16.5. The van der Waals surface area contributed by atoms with Crippen molar-refractivity contribution in [3.8, 4) is 0 Å². The van der Waals surface area contributed by atoms with Crippen molar-refractivity contribution in [2.45, 2.75) is 19.5 Å². The molecular formula is C5H6F3NaO4. The van der Waals surface area contributed by atoms with Gasteiger partial charge in [-0.15, -0.1) is 0 Å². The third kappa shape index (κ3) is 18.6. The van der Waals surface area contributed by atoms with E-state index < -0.39 is 18.1 Å². The summed E-state index contributed by atoms with van der Waals surface area (Å²) in [4.78, 5) is 18.2. The number of hydrogen-bond acceptors (Lipinski definition) is 3. The molecule has 0 aliphatic heterocycles. The summed E-state index contributed by atoms with van der Waals surface area (Å²) in [5.41, 5.74) is 0. The second-order valence-corrected chi connectivity index (χ2v) is 1.53. The molecule has 0 bridgehead atoms. The molecule has 0 saturated heterocycles. The Kier molecular flexibility index (Phi) is 11.9. The van der Waals surface area contributed by atoms with Gasteiger partial charge in [-0.1, -0.05) is 6.92 Å². The minimum Gasteiger partial charge on any atom is -0.542 e. The fourth-order valence-corrected chi connectivity index (χ4v) is 0. The summed E-state index contributed by atoms with van der Waals surface area (Å²) in [5.74, 6) is -3.75. The molecule has 0 saturated carbocycles. The normalized spacial score (nSPS) is 8.92. The average molecular weight is 210 g/mol. The summed E-state index contributed by atoms with van der Waals surface area (Å²) in [7, 11) is 0. The first kappa shape index (κ1) is 18.5. The number of carboxylic acid groups (broad SMARTS) is 2. The van der Waals surface area contributed by atoms with Gasteiger partial charge in [0, 0.05) is 6.42 Å². The van der Waals surface area contributed by atoms with E-state index in [2.05, 4.69) is 0 Å². The summed E-state index contributed by atoms with van der Waals surface area (Å²) in [6, 6.07) is 0. The van der Waals surface area contributed by atoms with E-state index in [1.165, 1.54) is 0 Å². The minimum atomic E-state index is -5.19. The summed E-state index contributed by atoms with van der Waals surface area (Å²) >= 11 is 0. The maximum atomic E-state index is 10.5. The number of carbonyl (C=O) groups excluding carboxylic acids is 1. The molecule has 1 N–H and O–H groups in total. The Morgan fingerprint density at radius 2 is 1.54 bits per heavy atom. The summed E-state index contributed by atoms with van der Waals surface area (Å²) in [6.07, 6.45) is -4.97. The summed E-state index contributed by atoms with van der Waals surface area (Å²) in [6.45, 7) is 1.60. The Morgan fingerprint density at radius 3 is 1.54 bits per heavy atom. The van der Waals surface area contributed by atoms with Crippen molar-refractivity contribution in [3.05, 3.63) is 0 Å². The molecule has 0 rings (SSSR count). The van der Waals surface area contributed by atoms with Crippen LogP contribution in [0, 0.1) is 0 Å². The van der Waals surface area contributed by atoms with Gasteiger partial charge in [-0.3, -0.25) is 4.79 Å². The van der Waals surface area contributed by atoms with Gasteiger partial charge >= 0.3 is 41.7 Å². The molecule has 0 aromatic rings. The molecule has 0 atom stereocenters. The monoisotopic (exact) mass is 210 g/mol. The largest absolute Gasteiger partial charge is 1.00 e. The van der Waals surface area contributed by atoms with E-state index in [-0.39, 0.29) is 36.0 Å². The van der Waals surface area contributed by atoms with Crippen molar-refractivity contribution >= 4 is 11.9 Å². The van der Waals surface area contributed by atoms with Gasteiger partial charge in [0.05, 0.1) is 0 Å². The second-order valence-electron chi connectivity index (χ2n) is 1.53. The van der Waals surface area contributed by atoms with Crippen LogP contribution in [-0.2, 0) is 9.59 Å². The van der Waals surface area contributed by atoms with Crippen LogP contribution in [0.1, 0.15) is 13.3 Å². The van der Waals surface area contributed by atoms with Crippen LogP contribution in [0.15, 0.2) is 0 Å². The van der Waals surface area contributed by atoms with Crippen LogP contribution >= 0.6 is 0 Å². The van der Waals surface area contributed by atoms with Crippen LogP contribution in [0.5, 0.6) is 0 Å². The molecule has 72 valence electrons. The molecule has 0 aromatic carbocycles. The van der Waals surface area contributed by atoms with Crippen LogP contribution in [-0.4, -0.2) is 23.2 Å². The quantitative estimate of drug-likeness (QED) is 0.462. The zero-order chi connectivity index (χ0) is 10.4. The Labute approximate surface area is 94.0 Å². The Balaban J connectivity index is -0.000000150. The van der Waals surface area contributed by atoms with E-state index in [0.29, 0.717) is 0 Å². The van der Waals surface area contributed by atoms with Gasteiger partial charge in [0.1, 0.15) is 5.97 Å². The first-order valence-corrected chi connectivity index (χ1v) is 2.71. The molecule has 13 heavy (non-hydrogen) atoms. The standard InChI is InChI=1S/C3H6O2.C2HF3O2.Na/c1-2-3(4)5;3-2(4,5)1(6)7;/h2H2,1H3,(H,4,5);(H,6,7);/q;;+1/p-1. The van der Waals surface area contributed by atoms with Gasteiger partial charge in [-0.25, -0.2) is 0 Å². The van der Waals surface area contributed by atoms with Gasteiger partial charge in [-0.05, 0) is 0 Å². The SMILES string of the molecule is CCC(=O)O.O=C([O-])C(F)(F)F.[Na+]. The summed E-state index contributed by atoms with van der Waals surface area (Å²) < 4.78 is 31.5. The minimum absolute atomic E-state index is 0. The van der Waals surface area contributed by atoms with Crippen LogP contribution in [0.4, 0.5) is 13.2 Å². The molecule has 0 fully saturated rings. The molecule has 0 aromatic heterocycles. The van der Waals surface area contributed by atoms with E-state index in [1.807, 2.05) is 0 Å². The number of halogens is 3. The van der Waals surface area contributed by atoms with Crippen LogP contribution in [0.2, 0.25) is 0 Å². The molecule has 0 aliphatic rings. The number of carboxylic acids is 2. The Hall–Kier alpha value is -0.270.